The van der Waals surface area contributed by atoms with Crippen LogP contribution in [-0.2, 0) is 38.1 Å². The predicted molar refractivity (Wildman–Crippen MR) is 197 cm³/mol. The van der Waals surface area contributed by atoms with Gasteiger partial charge in [-0.3, -0.25) is 14.4 Å². The number of esters is 3. The van der Waals surface area contributed by atoms with Crippen molar-refractivity contribution in [1.82, 2.24) is 0 Å². The van der Waals surface area contributed by atoms with Gasteiger partial charge in [0.2, 0.25) is 0 Å². The van der Waals surface area contributed by atoms with Crippen molar-refractivity contribution in [3.05, 3.63) is 24.3 Å². The molecular weight excluding hydrogens is 620 g/mol. The second-order valence-electron chi connectivity index (χ2n) is 13.8. The fourth-order valence-electron chi connectivity index (χ4n) is 5.85. The van der Waals surface area contributed by atoms with Gasteiger partial charge >= 0.3 is 17.9 Å². The molecule has 0 aromatic carbocycles. The molecule has 1 fully saturated rings. The van der Waals surface area contributed by atoms with E-state index in [2.05, 4.69) is 45.1 Å². The Labute approximate surface area is 299 Å². The molecule has 49 heavy (non-hydrogen) atoms. The number of hydrogen-bond acceptors (Lipinski definition) is 8. The van der Waals surface area contributed by atoms with Gasteiger partial charge in [0, 0.05) is 38.4 Å². The maximum atomic E-state index is 12.5. The standard InChI is InChI=1S/C41H72O8/c1-5-8-11-13-15-20-31-45-41(46-32-21-16-14-12-9-6-2)30-29-39(43)48-34-35(4)33-47-38(42)23-18-19-24-40(44)49-37-27-25-36(26-28-37)22-17-10-7-3/h8-9,11-12,35-37,41H,5-7,10,13-34H2,1-4H3/b11-8-,12-9-. The smallest absolute Gasteiger partial charge is 0.306 e. The molecule has 1 saturated carbocycles. The number of carbonyl (C=O) groups is 3. The first kappa shape index (κ1) is 44.8. The molecule has 0 saturated heterocycles. The molecule has 0 bridgehead atoms. The summed E-state index contributed by atoms with van der Waals surface area (Å²) in [5.41, 5.74) is 0. The molecule has 0 amide bonds. The molecule has 1 aliphatic carbocycles. The minimum atomic E-state index is -0.426. The van der Waals surface area contributed by atoms with E-state index in [0.717, 1.165) is 83.0 Å². The Morgan fingerprint density at radius 3 is 1.73 bits per heavy atom. The average molecular weight is 693 g/mol. The van der Waals surface area contributed by atoms with E-state index < -0.39 is 6.29 Å². The predicted octanol–water partition coefficient (Wildman–Crippen LogP) is 10.4. The number of allylic oxidation sites excluding steroid dienone is 4. The number of ether oxygens (including phenoxy) is 5. The summed E-state index contributed by atoms with van der Waals surface area (Å²) < 4.78 is 28.5. The first-order chi connectivity index (χ1) is 23.9. The Balaban J connectivity index is 2.18. The number of hydrogen-bond donors (Lipinski definition) is 0. The van der Waals surface area contributed by atoms with Crippen LogP contribution in [0.3, 0.4) is 0 Å². The second-order valence-corrected chi connectivity index (χ2v) is 13.8. The topological polar surface area (TPSA) is 97.4 Å². The first-order valence-electron chi connectivity index (χ1n) is 19.9. The number of carbonyl (C=O) groups excluding carboxylic acids is 3. The van der Waals surface area contributed by atoms with Gasteiger partial charge in [-0.2, -0.15) is 0 Å². The van der Waals surface area contributed by atoms with Gasteiger partial charge in [-0.1, -0.05) is 77.7 Å². The highest BCUT2D eigenvalue weighted by Gasteiger charge is 2.23. The molecule has 0 radical (unpaired) electrons. The summed E-state index contributed by atoms with van der Waals surface area (Å²) in [7, 11) is 0. The summed E-state index contributed by atoms with van der Waals surface area (Å²) in [6.45, 7) is 9.96. The summed E-state index contributed by atoms with van der Waals surface area (Å²) >= 11 is 0. The molecule has 0 aromatic rings. The SMILES string of the molecule is CC/C=C\CCCCOC(CCC(=O)OCC(C)COC(=O)CCCCC(=O)OC1CCC(CCCCC)CC1)OCCCC/C=C\CC. The van der Waals surface area contributed by atoms with E-state index in [1.807, 2.05) is 6.92 Å². The third kappa shape index (κ3) is 27.2. The van der Waals surface area contributed by atoms with Crippen molar-refractivity contribution in [2.45, 2.75) is 181 Å². The summed E-state index contributed by atoms with van der Waals surface area (Å²) in [5, 5.41) is 0. The van der Waals surface area contributed by atoms with Crippen molar-refractivity contribution in [3.63, 3.8) is 0 Å². The highest BCUT2D eigenvalue weighted by Crippen LogP contribution is 2.30. The zero-order valence-electron chi connectivity index (χ0n) is 31.8. The third-order valence-corrected chi connectivity index (χ3v) is 8.90. The fourth-order valence-corrected chi connectivity index (χ4v) is 5.85. The van der Waals surface area contributed by atoms with Crippen molar-refractivity contribution < 1.29 is 38.1 Å². The van der Waals surface area contributed by atoms with Gasteiger partial charge in [0.05, 0.1) is 19.6 Å². The van der Waals surface area contributed by atoms with Crippen LogP contribution in [0.2, 0.25) is 0 Å². The van der Waals surface area contributed by atoms with Crippen LogP contribution in [0.15, 0.2) is 24.3 Å². The van der Waals surface area contributed by atoms with Gasteiger partial charge in [-0.15, -0.1) is 0 Å². The van der Waals surface area contributed by atoms with Gasteiger partial charge in [0.1, 0.15) is 6.10 Å². The molecule has 1 rings (SSSR count). The van der Waals surface area contributed by atoms with E-state index in [-0.39, 0.29) is 56.0 Å². The molecule has 0 N–H and O–H groups in total. The molecule has 8 heteroatoms. The van der Waals surface area contributed by atoms with E-state index in [4.69, 9.17) is 23.7 Å². The van der Waals surface area contributed by atoms with Crippen LogP contribution in [0.5, 0.6) is 0 Å². The molecule has 1 unspecified atom stereocenters. The van der Waals surface area contributed by atoms with Crippen molar-refractivity contribution >= 4 is 17.9 Å². The Morgan fingerprint density at radius 2 is 1.18 bits per heavy atom. The van der Waals surface area contributed by atoms with Crippen molar-refractivity contribution in [2.24, 2.45) is 11.8 Å². The quantitative estimate of drug-likeness (QED) is 0.0233. The lowest BCUT2D eigenvalue weighted by atomic mass is 9.84. The van der Waals surface area contributed by atoms with Gasteiger partial charge in [-0.05, 0) is 95.8 Å². The van der Waals surface area contributed by atoms with Gasteiger partial charge in [0.15, 0.2) is 6.29 Å². The van der Waals surface area contributed by atoms with Crippen LogP contribution >= 0.6 is 0 Å². The van der Waals surface area contributed by atoms with Crippen LogP contribution in [0.1, 0.15) is 169 Å². The number of unbranched alkanes of at least 4 members (excludes halogenated alkanes) is 7. The fraction of sp³-hybridized carbons (Fsp3) is 0.829. The largest absolute Gasteiger partial charge is 0.465 e. The Morgan fingerprint density at radius 1 is 0.633 bits per heavy atom. The van der Waals surface area contributed by atoms with Crippen LogP contribution in [0, 0.1) is 11.8 Å². The normalized spacial score (nSPS) is 17.2. The van der Waals surface area contributed by atoms with E-state index in [0.29, 0.717) is 38.9 Å². The summed E-state index contributed by atoms with van der Waals surface area (Å²) in [6, 6.07) is 0. The number of rotatable bonds is 31. The molecule has 1 aliphatic rings. The molecule has 0 heterocycles. The minimum Gasteiger partial charge on any atom is -0.465 e. The van der Waals surface area contributed by atoms with E-state index in [1.54, 1.807) is 0 Å². The zero-order chi connectivity index (χ0) is 35.8. The lowest BCUT2D eigenvalue weighted by molar-refractivity contribution is -0.160. The van der Waals surface area contributed by atoms with Gasteiger partial charge in [0.25, 0.3) is 0 Å². The van der Waals surface area contributed by atoms with Crippen molar-refractivity contribution in [2.75, 3.05) is 26.4 Å². The third-order valence-electron chi connectivity index (χ3n) is 8.90. The summed E-state index contributed by atoms with van der Waals surface area (Å²) in [5.74, 6) is -0.0921. The second kappa shape index (κ2) is 31.8. The van der Waals surface area contributed by atoms with Crippen LogP contribution in [0.25, 0.3) is 0 Å². The maximum absolute atomic E-state index is 12.5. The molecule has 0 spiro atoms. The van der Waals surface area contributed by atoms with Crippen molar-refractivity contribution in [3.8, 4) is 0 Å². The lowest BCUT2D eigenvalue weighted by Gasteiger charge is -2.28. The first-order valence-corrected chi connectivity index (χ1v) is 19.9. The molecule has 8 nitrogen and oxygen atoms in total. The van der Waals surface area contributed by atoms with Crippen LogP contribution in [-0.4, -0.2) is 56.7 Å². The highest BCUT2D eigenvalue weighted by molar-refractivity contribution is 5.71. The van der Waals surface area contributed by atoms with E-state index in [1.165, 1.54) is 25.7 Å². The van der Waals surface area contributed by atoms with Crippen molar-refractivity contribution in [1.29, 1.82) is 0 Å². The molecule has 1 atom stereocenters. The van der Waals surface area contributed by atoms with Crippen LogP contribution < -0.4 is 0 Å². The zero-order valence-corrected chi connectivity index (χ0v) is 31.8. The lowest BCUT2D eigenvalue weighted by Crippen LogP contribution is -2.24. The Bertz CT molecular complexity index is 853. The maximum Gasteiger partial charge on any atom is 0.306 e. The average Bonchev–Trinajstić information content (AvgIpc) is 3.10. The monoisotopic (exact) mass is 693 g/mol. The Kier molecular flexibility index (Phi) is 29.1. The van der Waals surface area contributed by atoms with E-state index >= 15 is 0 Å². The van der Waals surface area contributed by atoms with Gasteiger partial charge < -0.3 is 23.7 Å². The molecule has 0 aliphatic heterocycles. The van der Waals surface area contributed by atoms with Crippen LogP contribution in [0.4, 0.5) is 0 Å². The molecular formula is C41H72O8. The van der Waals surface area contributed by atoms with E-state index in [9.17, 15) is 14.4 Å². The summed E-state index contributed by atoms with van der Waals surface area (Å²) in [4.78, 5) is 37.0. The molecule has 284 valence electrons. The molecule has 0 aromatic heterocycles. The van der Waals surface area contributed by atoms with Gasteiger partial charge in [-0.25, -0.2) is 0 Å². The summed E-state index contributed by atoms with van der Waals surface area (Å²) in [6.07, 6.45) is 28.5. The highest BCUT2D eigenvalue weighted by atomic mass is 16.7. The Hall–Kier alpha value is -2.19. The minimum absolute atomic E-state index is 0.0551.